The number of carboxylic acids is 1. The quantitative estimate of drug-likeness (QED) is 0.704. The van der Waals surface area contributed by atoms with Crippen LogP contribution in [0.1, 0.15) is 49.0 Å². The third-order valence-corrected chi connectivity index (χ3v) is 6.90. The van der Waals surface area contributed by atoms with E-state index >= 15 is 4.39 Å². The van der Waals surface area contributed by atoms with Crippen LogP contribution in [0.3, 0.4) is 0 Å². The largest absolute Gasteiger partial charge is 0.492 e. The summed E-state index contributed by atoms with van der Waals surface area (Å²) in [6.45, 7) is 4.51. The molecule has 0 radical (unpaired) electrons. The van der Waals surface area contributed by atoms with Crippen LogP contribution in [-0.4, -0.2) is 48.4 Å². The van der Waals surface area contributed by atoms with E-state index in [1.807, 2.05) is 4.90 Å². The van der Waals surface area contributed by atoms with E-state index in [1.165, 1.54) is 32.2 Å². The minimum absolute atomic E-state index is 0.0593. The highest BCUT2D eigenvalue weighted by Gasteiger charge is 2.36. The molecule has 7 nitrogen and oxygen atoms in total. The van der Waals surface area contributed by atoms with Crippen molar-refractivity contribution in [2.24, 2.45) is 11.8 Å². The van der Waals surface area contributed by atoms with Gasteiger partial charge in [0.25, 0.3) is 0 Å². The van der Waals surface area contributed by atoms with Crippen molar-refractivity contribution in [1.29, 1.82) is 0 Å². The zero-order valence-corrected chi connectivity index (χ0v) is 17.9. The smallest absolute Gasteiger partial charge is 0.341 e. The van der Waals surface area contributed by atoms with Crippen LogP contribution in [0.25, 0.3) is 10.9 Å². The maximum Gasteiger partial charge on any atom is 0.341 e. The second kappa shape index (κ2) is 7.51. The van der Waals surface area contributed by atoms with E-state index in [2.05, 4.69) is 12.2 Å². The van der Waals surface area contributed by atoms with Crippen molar-refractivity contribution in [2.75, 3.05) is 31.6 Å². The third kappa shape index (κ3) is 3.56. The molecule has 0 amide bonds. The number of rotatable bonds is 7. The van der Waals surface area contributed by atoms with Crippen LogP contribution < -0.4 is 20.4 Å². The molecule has 166 valence electrons. The van der Waals surface area contributed by atoms with Gasteiger partial charge < -0.3 is 24.6 Å². The van der Waals surface area contributed by atoms with Gasteiger partial charge in [-0.2, -0.15) is 0 Å². The molecule has 31 heavy (non-hydrogen) atoms. The van der Waals surface area contributed by atoms with Crippen LogP contribution in [0, 0.1) is 17.7 Å². The monoisotopic (exact) mass is 429 g/mol. The lowest BCUT2D eigenvalue weighted by Crippen LogP contribution is -2.29. The molecule has 8 heteroatoms. The lowest BCUT2D eigenvalue weighted by Gasteiger charge is -2.25. The summed E-state index contributed by atoms with van der Waals surface area (Å²) in [5, 5.41) is 13.1. The highest BCUT2D eigenvalue weighted by Crippen LogP contribution is 2.45. The fourth-order valence-electron chi connectivity index (χ4n) is 4.81. The Hall–Kier alpha value is -2.61. The van der Waals surface area contributed by atoms with Crippen LogP contribution in [0.4, 0.5) is 10.1 Å². The number of anilines is 1. The molecule has 1 saturated heterocycles. The molecule has 3 fully saturated rings. The van der Waals surface area contributed by atoms with Crippen molar-refractivity contribution in [3.63, 3.8) is 0 Å². The summed E-state index contributed by atoms with van der Waals surface area (Å²) >= 11 is 0. The molecular weight excluding hydrogens is 401 g/mol. The fraction of sp³-hybridized carbons (Fsp3) is 0.565. The van der Waals surface area contributed by atoms with Gasteiger partial charge in [-0.3, -0.25) is 4.79 Å². The highest BCUT2D eigenvalue weighted by atomic mass is 19.1. The minimum Gasteiger partial charge on any atom is -0.492 e. The van der Waals surface area contributed by atoms with Gasteiger partial charge in [0.1, 0.15) is 11.3 Å². The normalized spacial score (nSPS) is 23.5. The Morgan fingerprint density at radius 2 is 2.03 bits per heavy atom. The first kappa shape index (κ1) is 20.3. The Balaban J connectivity index is 1.61. The molecule has 1 aliphatic heterocycles. The van der Waals surface area contributed by atoms with E-state index in [0.717, 1.165) is 19.4 Å². The Kier molecular flexibility index (Phi) is 4.92. The van der Waals surface area contributed by atoms with Crippen molar-refractivity contribution in [1.82, 2.24) is 9.88 Å². The number of ether oxygens (including phenoxy) is 1. The van der Waals surface area contributed by atoms with Gasteiger partial charge in [0.05, 0.1) is 18.0 Å². The first-order valence-corrected chi connectivity index (χ1v) is 11.1. The van der Waals surface area contributed by atoms with Crippen LogP contribution in [0.15, 0.2) is 17.1 Å². The SMILES string of the molecule is COc1c(N2C[C@H](CNC3CC3)[C@H](C)C2)c(F)cc2c(=O)c(C(=O)O)cn(C3CC3)c12. The molecule has 2 aromatic rings. The van der Waals surface area contributed by atoms with E-state index in [1.54, 1.807) is 4.57 Å². The molecule has 0 bridgehead atoms. The van der Waals surface area contributed by atoms with Crippen LogP contribution >= 0.6 is 0 Å². The molecule has 1 aromatic heterocycles. The summed E-state index contributed by atoms with van der Waals surface area (Å²) < 4.78 is 22.9. The number of hydrogen-bond acceptors (Lipinski definition) is 5. The van der Waals surface area contributed by atoms with E-state index < -0.39 is 17.2 Å². The number of methoxy groups -OCH3 is 1. The number of pyridine rings is 1. The summed E-state index contributed by atoms with van der Waals surface area (Å²) in [6, 6.07) is 1.92. The number of benzene rings is 1. The zero-order chi connectivity index (χ0) is 21.9. The molecule has 0 unspecified atom stereocenters. The zero-order valence-electron chi connectivity index (χ0n) is 17.9. The Morgan fingerprint density at radius 3 is 2.65 bits per heavy atom. The van der Waals surface area contributed by atoms with Gasteiger partial charge in [-0.25, -0.2) is 9.18 Å². The Morgan fingerprint density at radius 1 is 1.29 bits per heavy atom. The molecule has 2 saturated carbocycles. The summed E-state index contributed by atoms with van der Waals surface area (Å²) in [6.07, 6.45) is 5.64. The number of nitrogens with one attached hydrogen (secondary N) is 1. The third-order valence-electron chi connectivity index (χ3n) is 6.90. The number of aromatic carboxylic acids is 1. The molecule has 2 aliphatic carbocycles. The van der Waals surface area contributed by atoms with Gasteiger partial charge in [-0.1, -0.05) is 6.92 Å². The summed E-state index contributed by atoms with van der Waals surface area (Å²) in [5.74, 6) is -0.733. The summed E-state index contributed by atoms with van der Waals surface area (Å²) in [4.78, 5) is 26.5. The number of hydrogen-bond donors (Lipinski definition) is 2. The first-order valence-electron chi connectivity index (χ1n) is 11.1. The van der Waals surface area contributed by atoms with Gasteiger partial charge in [0.15, 0.2) is 11.6 Å². The number of aromatic nitrogens is 1. The standard InChI is InChI=1S/C23H28FN3O4/c1-12-9-26(10-13(12)8-25-14-3-4-14)20-18(24)7-16-19(22(20)31-2)27(15-5-6-15)11-17(21(16)28)23(29)30/h7,11-15,25H,3-6,8-10H2,1-2H3,(H,29,30)/t12-,13+/m1/s1. The average Bonchev–Trinajstić information content (AvgIpc) is 3.65. The van der Waals surface area contributed by atoms with Gasteiger partial charge in [-0.05, 0) is 43.6 Å². The van der Waals surface area contributed by atoms with Crippen molar-refractivity contribution < 1.29 is 19.0 Å². The van der Waals surface area contributed by atoms with Gasteiger partial charge >= 0.3 is 5.97 Å². The number of carboxylic acid groups (broad SMARTS) is 1. The van der Waals surface area contributed by atoms with E-state index in [9.17, 15) is 14.7 Å². The Bertz CT molecular complexity index is 1110. The van der Waals surface area contributed by atoms with E-state index in [4.69, 9.17) is 4.74 Å². The van der Waals surface area contributed by atoms with Gasteiger partial charge in [0, 0.05) is 37.9 Å². The molecule has 2 N–H and O–H groups in total. The first-order chi connectivity index (χ1) is 14.9. The second-order valence-corrected chi connectivity index (χ2v) is 9.28. The lowest BCUT2D eigenvalue weighted by atomic mass is 9.98. The number of halogens is 1. The molecule has 2 heterocycles. The number of carbonyl (C=O) groups is 1. The molecule has 5 rings (SSSR count). The van der Waals surface area contributed by atoms with Crippen LogP contribution in [-0.2, 0) is 0 Å². The van der Waals surface area contributed by atoms with Gasteiger partial charge in [-0.15, -0.1) is 0 Å². The molecule has 2 atom stereocenters. The predicted molar refractivity (Wildman–Crippen MR) is 116 cm³/mol. The van der Waals surface area contributed by atoms with Crippen LogP contribution in [0.5, 0.6) is 5.75 Å². The van der Waals surface area contributed by atoms with Crippen molar-refractivity contribution in [2.45, 2.75) is 44.7 Å². The topological polar surface area (TPSA) is 83.8 Å². The fourth-order valence-corrected chi connectivity index (χ4v) is 4.81. The van der Waals surface area contributed by atoms with Crippen LogP contribution in [0.2, 0.25) is 0 Å². The Labute approximate surface area is 179 Å². The maximum absolute atomic E-state index is 15.4. The predicted octanol–water partition coefficient (Wildman–Crippen LogP) is 3.01. The summed E-state index contributed by atoms with van der Waals surface area (Å²) in [5.41, 5.74) is -0.157. The molecule has 3 aliphatic rings. The summed E-state index contributed by atoms with van der Waals surface area (Å²) in [7, 11) is 1.48. The van der Waals surface area contributed by atoms with Crippen molar-refractivity contribution in [3.8, 4) is 5.75 Å². The van der Waals surface area contributed by atoms with E-state index in [-0.39, 0.29) is 17.0 Å². The molecule has 0 spiro atoms. The van der Waals surface area contributed by atoms with Crippen molar-refractivity contribution in [3.05, 3.63) is 33.9 Å². The lowest BCUT2D eigenvalue weighted by molar-refractivity contribution is 0.0695. The minimum atomic E-state index is -1.30. The number of nitrogens with zero attached hydrogens (tertiary/aromatic N) is 2. The number of fused-ring (bicyclic) bond motifs is 1. The average molecular weight is 429 g/mol. The maximum atomic E-state index is 15.4. The molecular formula is C23H28FN3O4. The van der Waals surface area contributed by atoms with Gasteiger partial charge in [0.2, 0.25) is 5.43 Å². The van der Waals surface area contributed by atoms with E-state index in [0.29, 0.717) is 47.9 Å². The van der Waals surface area contributed by atoms with Crippen molar-refractivity contribution >= 4 is 22.6 Å². The second-order valence-electron chi connectivity index (χ2n) is 9.28. The highest BCUT2D eigenvalue weighted by molar-refractivity contribution is 5.97. The molecule has 1 aromatic carbocycles.